The van der Waals surface area contributed by atoms with Crippen molar-refractivity contribution >= 4 is 0 Å². The summed E-state index contributed by atoms with van der Waals surface area (Å²) in [5.41, 5.74) is 1.05. The summed E-state index contributed by atoms with van der Waals surface area (Å²) in [6.45, 7) is 0. The minimum absolute atomic E-state index is 0.337. The molecule has 76 valence electrons. The molecular weight excluding hydrogens is 190 g/mol. The molecule has 0 spiro atoms. The molecule has 0 radical (unpaired) electrons. The summed E-state index contributed by atoms with van der Waals surface area (Å²) in [4.78, 5) is 0. The molecule has 0 bridgehead atoms. The van der Waals surface area contributed by atoms with Gasteiger partial charge in [-0.1, -0.05) is 30.3 Å². The van der Waals surface area contributed by atoms with Crippen LogP contribution in [0.1, 0.15) is 17.4 Å². The Morgan fingerprint density at radius 1 is 1.00 bits per heavy atom. The maximum absolute atomic E-state index is 11.4. The third-order valence-electron chi connectivity index (χ3n) is 2.25. The quantitative estimate of drug-likeness (QED) is 0.589. The minimum atomic E-state index is -0.870. The summed E-state index contributed by atoms with van der Waals surface area (Å²) < 4.78 is 0.678. The SMILES string of the molecule is [O-][n+]1ccccc1C(O)c1ccccc1. The standard InChI is InChI=1S/C12H11NO2/c14-12(10-6-2-1-3-7-10)11-8-4-5-9-13(11)15/h1-9,12,14H. The zero-order chi connectivity index (χ0) is 10.7. The summed E-state index contributed by atoms with van der Waals surface area (Å²) in [6, 6.07) is 14.1. The van der Waals surface area contributed by atoms with Crippen LogP contribution in [-0.2, 0) is 0 Å². The Morgan fingerprint density at radius 3 is 2.33 bits per heavy atom. The number of benzene rings is 1. The van der Waals surface area contributed by atoms with Crippen molar-refractivity contribution in [2.75, 3.05) is 0 Å². The van der Waals surface area contributed by atoms with Gasteiger partial charge in [0.25, 0.3) is 0 Å². The van der Waals surface area contributed by atoms with E-state index >= 15 is 0 Å². The van der Waals surface area contributed by atoms with Crippen LogP contribution in [0, 0.1) is 5.21 Å². The number of pyridine rings is 1. The Bertz CT molecular complexity index is 442. The molecule has 0 fully saturated rings. The topological polar surface area (TPSA) is 47.2 Å². The Morgan fingerprint density at radius 2 is 1.67 bits per heavy atom. The van der Waals surface area contributed by atoms with Gasteiger partial charge in [0, 0.05) is 12.1 Å². The first-order valence-electron chi connectivity index (χ1n) is 4.70. The summed E-state index contributed by atoms with van der Waals surface area (Å²) in [5, 5.41) is 21.3. The summed E-state index contributed by atoms with van der Waals surface area (Å²) in [5.74, 6) is 0. The second-order valence-corrected chi connectivity index (χ2v) is 3.26. The van der Waals surface area contributed by atoms with Crippen LogP contribution in [0.3, 0.4) is 0 Å². The van der Waals surface area contributed by atoms with E-state index in [1.165, 1.54) is 6.20 Å². The maximum Gasteiger partial charge on any atom is 0.226 e. The molecule has 3 nitrogen and oxygen atoms in total. The Balaban J connectivity index is 2.37. The summed E-state index contributed by atoms with van der Waals surface area (Å²) in [7, 11) is 0. The van der Waals surface area contributed by atoms with Crippen LogP contribution >= 0.6 is 0 Å². The van der Waals surface area contributed by atoms with Crippen LogP contribution in [0.4, 0.5) is 0 Å². The summed E-state index contributed by atoms with van der Waals surface area (Å²) in [6.07, 6.45) is 0.506. The van der Waals surface area contributed by atoms with Gasteiger partial charge in [0.15, 0.2) is 12.3 Å². The van der Waals surface area contributed by atoms with E-state index in [9.17, 15) is 10.3 Å². The number of rotatable bonds is 2. The van der Waals surface area contributed by atoms with Gasteiger partial charge in [-0.3, -0.25) is 0 Å². The molecule has 1 heterocycles. The predicted molar refractivity (Wildman–Crippen MR) is 55.9 cm³/mol. The Hall–Kier alpha value is -1.87. The van der Waals surface area contributed by atoms with Crippen LogP contribution in [0.5, 0.6) is 0 Å². The van der Waals surface area contributed by atoms with Crippen molar-refractivity contribution in [2.24, 2.45) is 0 Å². The molecule has 3 heteroatoms. The minimum Gasteiger partial charge on any atom is -0.618 e. The van der Waals surface area contributed by atoms with E-state index in [4.69, 9.17) is 0 Å². The fourth-order valence-electron chi connectivity index (χ4n) is 1.46. The van der Waals surface area contributed by atoms with Crippen LogP contribution in [-0.4, -0.2) is 5.11 Å². The lowest BCUT2D eigenvalue weighted by Crippen LogP contribution is -2.32. The van der Waals surface area contributed by atoms with Crippen LogP contribution in [0.15, 0.2) is 54.7 Å². The molecule has 2 aromatic rings. The first-order chi connectivity index (χ1) is 7.29. The molecule has 0 aliphatic carbocycles. The largest absolute Gasteiger partial charge is 0.618 e. The number of nitrogens with zero attached hydrogens (tertiary/aromatic N) is 1. The maximum atomic E-state index is 11.4. The molecule has 0 saturated heterocycles. The van der Waals surface area contributed by atoms with Gasteiger partial charge in [0.1, 0.15) is 0 Å². The van der Waals surface area contributed by atoms with Gasteiger partial charge in [-0.2, -0.15) is 4.73 Å². The second-order valence-electron chi connectivity index (χ2n) is 3.26. The van der Waals surface area contributed by atoms with Gasteiger partial charge < -0.3 is 10.3 Å². The molecule has 0 aliphatic rings. The van der Waals surface area contributed by atoms with E-state index in [0.717, 1.165) is 0 Å². The second kappa shape index (κ2) is 4.11. The van der Waals surface area contributed by atoms with Gasteiger partial charge in [0.05, 0.1) is 0 Å². The van der Waals surface area contributed by atoms with Crippen molar-refractivity contribution < 1.29 is 9.84 Å². The van der Waals surface area contributed by atoms with E-state index in [-0.39, 0.29) is 0 Å². The highest BCUT2D eigenvalue weighted by Gasteiger charge is 2.17. The van der Waals surface area contributed by atoms with Crippen molar-refractivity contribution in [2.45, 2.75) is 6.10 Å². The highest BCUT2D eigenvalue weighted by Crippen LogP contribution is 2.17. The first-order valence-corrected chi connectivity index (χ1v) is 4.70. The smallest absolute Gasteiger partial charge is 0.226 e. The molecule has 0 amide bonds. The molecule has 1 aromatic carbocycles. The van der Waals surface area contributed by atoms with E-state index in [2.05, 4.69) is 0 Å². The van der Waals surface area contributed by atoms with Crippen LogP contribution in [0.25, 0.3) is 0 Å². The van der Waals surface area contributed by atoms with Crippen molar-refractivity contribution in [1.29, 1.82) is 0 Å². The molecule has 0 saturated carbocycles. The van der Waals surface area contributed by atoms with E-state index in [0.29, 0.717) is 16.0 Å². The van der Waals surface area contributed by atoms with Gasteiger partial charge in [-0.25, -0.2) is 0 Å². The summed E-state index contributed by atoms with van der Waals surface area (Å²) >= 11 is 0. The van der Waals surface area contributed by atoms with Crippen molar-refractivity contribution in [3.05, 3.63) is 71.2 Å². The monoisotopic (exact) mass is 201 g/mol. The number of aliphatic hydroxyl groups is 1. The van der Waals surface area contributed by atoms with E-state index in [1.807, 2.05) is 18.2 Å². The molecule has 1 atom stereocenters. The zero-order valence-electron chi connectivity index (χ0n) is 8.08. The van der Waals surface area contributed by atoms with E-state index < -0.39 is 6.10 Å². The van der Waals surface area contributed by atoms with Gasteiger partial charge in [0.2, 0.25) is 5.69 Å². The normalized spacial score (nSPS) is 12.3. The number of hydrogen-bond acceptors (Lipinski definition) is 2. The number of aromatic nitrogens is 1. The van der Waals surface area contributed by atoms with Crippen molar-refractivity contribution in [1.82, 2.24) is 0 Å². The molecular formula is C12H11NO2. The molecule has 1 aromatic heterocycles. The van der Waals surface area contributed by atoms with Crippen LogP contribution < -0.4 is 4.73 Å². The molecule has 15 heavy (non-hydrogen) atoms. The number of hydrogen-bond donors (Lipinski definition) is 1. The first kappa shape index (κ1) is 9.68. The molecule has 0 aliphatic heterocycles. The molecule has 2 rings (SSSR count). The number of aliphatic hydroxyl groups excluding tert-OH is 1. The van der Waals surface area contributed by atoms with Gasteiger partial charge in [-0.05, 0) is 11.6 Å². The lowest BCUT2D eigenvalue weighted by Gasteiger charge is -2.10. The Kier molecular flexibility index (Phi) is 2.65. The highest BCUT2D eigenvalue weighted by molar-refractivity contribution is 5.23. The molecule has 1 unspecified atom stereocenters. The highest BCUT2D eigenvalue weighted by atomic mass is 16.5. The fraction of sp³-hybridized carbons (Fsp3) is 0.0833. The average Bonchev–Trinajstić information content (AvgIpc) is 2.30. The third-order valence-corrected chi connectivity index (χ3v) is 2.25. The van der Waals surface area contributed by atoms with Crippen LogP contribution in [0.2, 0.25) is 0 Å². The van der Waals surface area contributed by atoms with E-state index in [1.54, 1.807) is 30.3 Å². The Labute approximate surface area is 87.8 Å². The fourth-order valence-corrected chi connectivity index (χ4v) is 1.46. The molecule has 1 N–H and O–H groups in total. The van der Waals surface area contributed by atoms with Gasteiger partial charge in [-0.15, -0.1) is 0 Å². The lowest BCUT2D eigenvalue weighted by atomic mass is 10.1. The zero-order valence-corrected chi connectivity index (χ0v) is 8.08. The predicted octanol–water partition coefficient (Wildman–Crippen LogP) is 1.40. The average molecular weight is 201 g/mol. The third kappa shape index (κ3) is 1.97. The van der Waals surface area contributed by atoms with Gasteiger partial charge >= 0.3 is 0 Å². The lowest BCUT2D eigenvalue weighted by molar-refractivity contribution is -0.617. The van der Waals surface area contributed by atoms with Crippen molar-refractivity contribution in [3.63, 3.8) is 0 Å². The van der Waals surface area contributed by atoms with Crippen molar-refractivity contribution in [3.8, 4) is 0 Å².